The second-order valence-corrected chi connectivity index (χ2v) is 4.76. The lowest BCUT2D eigenvalue weighted by molar-refractivity contribution is 0.282. The third-order valence-corrected chi connectivity index (χ3v) is 3.18. The van der Waals surface area contributed by atoms with Gasteiger partial charge in [-0.15, -0.1) is 0 Å². The second kappa shape index (κ2) is 7.85. The normalized spacial score (nSPS) is 12.9. The highest BCUT2D eigenvalue weighted by atomic mass is 32.1. The van der Waals surface area contributed by atoms with Gasteiger partial charge in [-0.1, -0.05) is 0 Å². The zero-order chi connectivity index (χ0) is 10.9. The summed E-state index contributed by atoms with van der Waals surface area (Å²) in [5.41, 5.74) is 1.43. The van der Waals surface area contributed by atoms with Crippen molar-refractivity contribution < 1.29 is 5.11 Å². The molecule has 0 saturated carbocycles. The molecule has 1 heterocycles. The smallest absolute Gasteiger partial charge is 0.0431 e. The van der Waals surface area contributed by atoms with Gasteiger partial charge >= 0.3 is 0 Å². The minimum absolute atomic E-state index is 0.324. The molecule has 1 unspecified atom stereocenters. The summed E-state index contributed by atoms with van der Waals surface area (Å²) in [4.78, 5) is 0. The molecule has 0 amide bonds. The summed E-state index contributed by atoms with van der Waals surface area (Å²) < 4.78 is 0. The van der Waals surface area contributed by atoms with E-state index < -0.39 is 0 Å². The van der Waals surface area contributed by atoms with Gasteiger partial charge in [0.15, 0.2) is 0 Å². The van der Waals surface area contributed by atoms with Crippen molar-refractivity contribution in [1.82, 2.24) is 5.32 Å². The van der Waals surface area contributed by atoms with Gasteiger partial charge in [0.05, 0.1) is 0 Å². The number of nitrogens with one attached hydrogen (secondary N) is 1. The van der Waals surface area contributed by atoms with Gasteiger partial charge in [0.2, 0.25) is 0 Å². The molecule has 15 heavy (non-hydrogen) atoms. The van der Waals surface area contributed by atoms with Crippen molar-refractivity contribution >= 4 is 11.3 Å². The first-order valence-electron chi connectivity index (χ1n) is 5.68. The van der Waals surface area contributed by atoms with Crippen LogP contribution in [0.4, 0.5) is 0 Å². The average Bonchev–Trinajstić information content (AvgIpc) is 2.70. The lowest BCUT2D eigenvalue weighted by atomic mass is 10.1. The van der Waals surface area contributed by atoms with Crippen molar-refractivity contribution in [3.63, 3.8) is 0 Å². The summed E-state index contributed by atoms with van der Waals surface area (Å²) >= 11 is 1.76. The van der Waals surface area contributed by atoms with E-state index in [0.717, 1.165) is 32.2 Å². The van der Waals surface area contributed by atoms with Crippen LogP contribution in [-0.2, 0) is 6.42 Å². The fraction of sp³-hybridized carbons (Fsp3) is 0.667. The van der Waals surface area contributed by atoms with E-state index in [1.54, 1.807) is 11.3 Å². The molecule has 1 aromatic rings. The van der Waals surface area contributed by atoms with Crippen LogP contribution in [0.25, 0.3) is 0 Å². The van der Waals surface area contributed by atoms with E-state index in [1.807, 2.05) is 0 Å². The van der Waals surface area contributed by atoms with E-state index in [0.29, 0.717) is 12.6 Å². The topological polar surface area (TPSA) is 32.3 Å². The molecule has 0 radical (unpaired) electrons. The summed E-state index contributed by atoms with van der Waals surface area (Å²) in [7, 11) is 0. The van der Waals surface area contributed by atoms with Crippen molar-refractivity contribution in [3.8, 4) is 0 Å². The predicted octanol–water partition coefficient (Wildman–Crippen LogP) is 2.43. The van der Waals surface area contributed by atoms with Gasteiger partial charge in [-0.05, 0) is 61.5 Å². The maximum atomic E-state index is 8.63. The number of hydrogen-bond donors (Lipinski definition) is 2. The standard InChI is InChI=1S/C12H21NOS/c1-11(9-12-5-8-15-10-12)13-6-3-2-4-7-14/h5,8,10-11,13-14H,2-4,6-7,9H2,1H3. The van der Waals surface area contributed by atoms with Crippen molar-refractivity contribution in [2.45, 2.75) is 38.6 Å². The molecule has 0 bridgehead atoms. The first kappa shape index (κ1) is 12.7. The van der Waals surface area contributed by atoms with Gasteiger partial charge in [-0.3, -0.25) is 0 Å². The van der Waals surface area contributed by atoms with Gasteiger partial charge in [0.1, 0.15) is 0 Å². The molecule has 2 N–H and O–H groups in total. The van der Waals surface area contributed by atoms with Crippen LogP contribution in [0, 0.1) is 0 Å². The lowest BCUT2D eigenvalue weighted by Gasteiger charge is -2.12. The fourth-order valence-corrected chi connectivity index (χ4v) is 2.28. The molecule has 0 fully saturated rings. The van der Waals surface area contributed by atoms with E-state index in [9.17, 15) is 0 Å². The molecule has 2 nitrogen and oxygen atoms in total. The second-order valence-electron chi connectivity index (χ2n) is 3.98. The van der Waals surface area contributed by atoms with E-state index in [-0.39, 0.29) is 0 Å². The Kier molecular flexibility index (Phi) is 6.64. The molecule has 0 aromatic carbocycles. The quantitative estimate of drug-likeness (QED) is 0.669. The van der Waals surface area contributed by atoms with Gasteiger partial charge < -0.3 is 10.4 Å². The van der Waals surface area contributed by atoms with Crippen LogP contribution in [0.3, 0.4) is 0 Å². The molecule has 0 spiro atoms. The Morgan fingerprint density at radius 3 is 2.93 bits per heavy atom. The average molecular weight is 227 g/mol. The van der Waals surface area contributed by atoms with E-state index in [1.165, 1.54) is 5.56 Å². The number of aliphatic hydroxyl groups is 1. The molecular formula is C12H21NOS. The highest BCUT2D eigenvalue weighted by Crippen LogP contribution is 2.08. The SMILES string of the molecule is CC(Cc1ccsc1)NCCCCCO. The Balaban J connectivity index is 2.01. The molecule has 86 valence electrons. The molecule has 3 heteroatoms. The monoisotopic (exact) mass is 227 g/mol. The first-order valence-corrected chi connectivity index (χ1v) is 6.62. The molecule has 1 aromatic heterocycles. The number of unbranched alkanes of at least 4 members (excludes halogenated alkanes) is 2. The van der Waals surface area contributed by atoms with Crippen LogP contribution in [0.1, 0.15) is 31.7 Å². The molecule has 1 rings (SSSR count). The van der Waals surface area contributed by atoms with Gasteiger partial charge in [0.25, 0.3) is 0 Å². The number of hydrogen-bond acceptors (Lipinski definition) is 3. The Bertz CT molecular complexity index is 236. The zero-order valence-electron chi connectivity index (χ0n) is 9.41. The van der Waals surface area contributed by atoms with Crippen LogP contribution < -0.4 is 5.32 Å². The lowest BCUT2D eigenvalue weighted by Crippen LogP contribution is -2.28. The maximum Gasteiger partial charge on any atom is 0.0431 e. The van der Waals surface area contributed by atoms with Crippen molar-refractivity contribution in [2.24, 2.45) is 0 Å². The Morgan fingerprint density at radius 1 is 1.40 bits per heavy atom. The minimum Gasteiger partial charge on any atom is -0.396 e. The van der Waals surface area contributed by atoms with Crippen molar-refractivity contribution in [1.29, 1.82) is 0 Å². The fourth-order valence-electron chi connectivity index (χ4n) is 1.60. The largest absolute Gasteiger partial charge is 0.396 e. The van der Waals surface area contributed by atoms with Crippen LogP contribution in [-0.4, -0.2) is 24.3 Å². The predicted molar refractivity (Wildman–Crippen MR) is 66.4 cm³/mol. The third kappa shape index (κ3) is 5.92. The van der Waals surface area contributed by atoms with E-state index in [4.69, 9.17) is 5.11 Å². The summed E-state index contributed by atoms with van der Waals surface area (Å²) in [6, 6.07) is 2.74. The van der Waals surface area contributed by atoms with Gasteiger partial charge in [-0.25, -0.2) is 0 Å². The Morgan fingerprint density at radius 2 is 2.27 bits per heavy atom. The third-order valence-electron chi connectivity index (χ3n) is 2.45. The van der Waals surface area contributed by atoms with Crippen molar-refractivity contribution in [2.75, 3.05) is 13.2 Å². The molecule has 1 atom stereocenters. The number of thiophene rings is 1. The van der Waals surface area contributed by atoms with E-state index in [2.05, 4.69) is 29.1 Å². The summed E-state index contributed by atoms with van der Waals surface area (Å²) in [5, 5.41) is 16.5. The summed E-state index contributed by atoms with van der Waals surface area (Å²) in [6.45, 7) is 3.61. The minimum atomic E-state index is 0.324. The van der Waals surface area contributed by atoms with Gasteiger partial charge in [-0.2, -0.15) is 11.3 Å². The summed E-state index contributed by atoms with van der Waals surface area (Å²) in [5.74, 6) is 0. The number of aliphatic hydroxyl groups excluding tert-OH is 1. The Hall–Kier alpha value is -0.380. The van der Waals surface area contributed by atoms with Crippen molar-refractivity contribution in [3.05, 3.63) is 22.4 Å². The molecule has 0 aliphatic heterocycles. The first-order chi connectivity index (χ1) is 7.33. The van der Waals surface area contributed by atoms with Crippen LogP contribution in [0.15, 0.2) is 16.8 Å². The molecular weight excluding hydrogens is 206 g/mol. The summed E-state index contributed by atoms with van der Waals surface area (Å²) in [6.07, 6.45) is 4.33. The Labute approximate surface area is 96.3 Å². The zero-order valence-corrected chi connectivity index (χ0v) is 10.2. The molecule has 0 saturated heterocycles. The highest BCUT2D eigenvalue weighted by molar-refractivity contribution is 7.07. The van der Waals surface area contributed by atoms with Crippen LogP contribution in [0.2, 0.25) is 0 Å². The molecule has 0 aliphatic rings. The highest BCUT2D eigenvalue weighted by Gasteiger charge is 2.02. The van der Waals surface area contributed by atoms with Crippen LogP contribution >= 0.6 is 11.3 Å². The number of rotatable bonds is 8. The molecule has 0 aliphatic carbocycles. The van der Waals surface area contributed by atoms with E-state index >= 15 is 0 Å². The maximum absolute atomic E-state index is 8.63. The van der Waals surface area contributed by atoms with Crippen LogP contribution in [0.5, 0.6) is 0 Å². The van der Waals surface area contributed by atoms with Gasteiger partial charge in [0, 0.05) is 12.6 Å².